The van der Waals surface area contributed by atoms with Crippen molar-refractivity contribution < 1.29 is 29.0 Å². The van der Waals surface area contributed by atoms with Gasteiger partial charge in [-0.1, -0.05) is 23.2 Å². The molecule has 1 N–H and O–H groups in total. The molecule has 0 saturated heterocycles. The molecule has 2 aliphatic carbocycles. The van der Waals surface area contributed by atoms with Crippen molar-refractivity contribution in [1.82, 2.24) is 0 Å². The molecule has 0 heterocycles. The van der Waals surface area contributed by atoms with Crippen LogP contribution < -0.4 is 0 Å². The topological polar surface area (TPSA) is 97.7 Å². The lowest BCUT2D eigenvalue weighted by Gasteiger charge is -2.14. The van der Waals surface area contributed by atoms with Gasteiger partial charge in [-0.25, -0.2) is 0 Å². The molecular weight excluding hydrogens is 431 g/mol. The smallest absolute Gasteiger partial charge is 0.317 e. The van der Waals surface area contributed by atoms with Gasteiger partial charge in [-0.2, -0.15) is 0 Å². The summed E-state index contributed by atoms with van der Waals surface area (Å²) in [6.45, 7) is 1.45. The second-order valence-corrected chi connectivity index (χ2v) is 8.26. The lowest BCUT2D eigenvalue weighted by Crippen LogP contribution is -2.33. The number of hydrogen-bond acceptors (Lipinski definition) is 5. The molecule has 6 nitrogen and oxygen atoms in total. The average Bonchev–Trinajstić information content (AvgIpc) is 3.16. The number of carbonyl (C=O) groups is 4. The van der Waals surface area contributed by atoms with E-state index >= 15 is 0 Å². The van der Waals surface area contributed by atoms with Crippen LogP contribution in [0.2, 0.25) is 10.0 Å². The minimum Gasteiger partial charge on any atom is -0.480 e. The first kappa shape index (κ1) is 22.0. The number of ether oxygens (including phenoxy) is 1. The summed E-state index contributed by atoms with van der Waals surface area (Å²) in [5.74, 6) is -2.76. The monoisotopic (exact) mass is 448 g/mol. The molecule has 0 bridgehead atoms. The molecule has 156 valence electrons. The summed E-state index contributed by atoms with van der Waals surface area (Å²) < 4.78 is 4.57. The number of aliphatic carboxylic acids is 1. The Balaban J connectivity index is 0.000000171. The van der Waals surface area contributed by atoms with Crippen LogP contribution in [-0.4, -0.2) is 35.7 Å². The third kappa shape index (κ3) is 3.85. The molecule has 2 aromatic carbocycles. The van der Waals surface area contributed by atoms with Gasteiger partial charge in [0.15, 0.2) is 11.6 Å². The van der Waals surface area contributed by atoms with Crippen LogP contribution in [0.15, 0.2) is 36.4 Å². The fraction of sp³-hybridized carbons (Fsp3) is 0.273. The third-order valence-corrected chi connectivity index (χ3v) is 5.86. The standard InChI is InChI=1S/2C11H9ClO3/c1-11(10(14)15)5-6-4-7(12)2-3-8(6)9(11)13;1-15-11(14)9-5-6-4-7(12)2-3-8(6)10(9)13/h2-4H,5H2,1H3,(H,14,15);2-4,9H,5H2,1H3. The largest absolute Gasteiger partial charge is 0.480 e. The molecule has 4 rings (SSSR count). The highest BCUT2D eigenvalue weighted by Crippen LogP contribution is 2.37. The fourth-order valence-electron chi connectivity index (χ4n) is 3.67. The number of benzene rings is 2. The Morgan fingerprint density at radius 1 is 1.03 bits per heavy atom. The highest BCUT2D eigenvalue weighted by atomic mass is 35.5. The highest BCUT2D eigenvalue weighted by molar-refractivity contribution is 6.31. The third-order valence-electron chi connectivity index (χ3n) is 5.39. The van der Waals surface area contributed by atoms with Crippen LogP contribution in [0, 0.1) is 11.3 Å². The minimum atomic E-state index is -1.33. The number of carboxylic acid groups (broad SMARTS) is 1. The summed E-state index contributed by atoms with van der Waals surface area (Å²) in [6.07, 6.45) is 0.610. The molecule has 0 saturated carbocycles. The zero-order valence-corrected chi connectivity index (χ0v) is 17.7. The normalized spacial score (nSPS) is 21.4. The predicted octanol–water partition coefficient (Wildman–Crippen LogP) is 4.04. The minimum absolute atomic E-state index is 0.173. The quantitative estimate of drug-likeness (QED) is 0.549. The molecule has 2 atom stereocenters. The second kappa shape index (κ2) is 8.20. The molecule has 0 aromatic heterocycles. The van der Waals surface area contributed by atoms with Gasteiger partial charge in [-0.3, -0.25) is 19.2 Å². The van der Waals surface area contributed by atoms with Crippen LogP contribution in [-0.2, 0) is 27.2 Å². The molecule has 0 fully saturated rings. The molecule has 30 heavy (non-hydrogen) atoms. The van der Waals surface area contributed by atoms with Gasteiger partial charge in [-0.15, -0.1) is 0 Å². The van der Waals surface area contributed by atoms with Gasteiger partial charge in [0.05, 0.1) is 7.11 Å². The highest BCUT2D eigenvalue weighted by Gasteiger charge is 2.47. The Morgan fingerprint density at radius 3 is 2.17 bits per heavy atom. The first-order valence-corrected chi connectivity index (χ1v) is 9.81. The van der Waals surface area contributed by atoms with E-state index in [0.29, 0.717) is 27.6 Å². The number of fused-ring (bicyclic) bond motifs is 2. The lowest BCUT2D eigenvalue weighted by molar-refractivity contribution is -0.145. The number of halogens is 2. The van der Waals surface area contributed by atoms with Crippen LogP contribution in [0.5, 0.6) is 0 Å². The molecule has 8 heteroatoms. The van der Waals surface area contributed by atoms with E-state index in [9.17, 15) is 19.2 Å². The van der Waals surface area contributed by atoms with Gasteiger partial charge in [-0.05, 0) is 67.3 Å². The lowest BCUT2D eigenvalue weighted by atomic mass is 9.86. The van der Waals surface area contributed by atoms with Crippen molar-refractivity contribution in [1.29, 1.82) is 0 Å². The van der Waals surface area contributed by atoms with Crippen LogP contribution in [0.1, 0.15) is 38.8 Å². The Labute approximate surface area is 182 Å². The number of carboxylic acids is 1. The molecule has 0 amide bonds. The molecule has 0 aliphatic heterocycles. The van der Waals surface area contributed by atoms with Crippen molar-refractivity contribution in [3.8, 4) is 0 Å². The van der Waals surface area contributed by atoms with Gasteiger partial charge >= 0.3 is 11.9 Å². The number of ketones is 2. The van der Waals surface area contributed by atoms with Crippen molar-refractivity contribution in [2.24, 2.45) is 11.3 Å². The van der Waals surface area contributed by atoms with E-state index in [1.807, 2.05) is 0 Å². The molecule has 2 unspecified atom stereocenters. The zero-order valence-electron chi connectivity index (χ0n) is 16.2. The molecular formula is C22H18Cl2O6. The van der Waals surface area contributed by atoms with E-state index in [0.717, 1.165) is 11.1 Å². The first-order valence-electron chi connectivity index (χ1n) is 9.05. The SMILES string of the molecule is CC1(C(=O)O)Cc2cc(Cl)ccc2C1=O.COC(=O)C1Cc2cc(Cl)ccc2C1=O. The van der Waals surface area contributed by atoms with Crippen molar-refractivity contribution in [3.63, 3.8) is 0 Å². The number of carbonyl (C=O) groups excluding carboxylic acids is 3. The summed E-state index contributed by atoms with van der Waals surface area (Å²) in [7, 11) is 1.28. The number of rotatable bonds is 2. The van der Waals surface area contributed by atoms with Gasteiger partial charge in [0.25, 0.3) is 0 Å². The van der Waals surface area contributed by atoms with Crippen LogP contribution in [0.3, 0.4) is 0 Å². The number of Topliss-reactive ketones (excluding diaryl/α,β-unsaturated/α-hetero) is 2. The van der Waals surface area contributed by atoms with E-state index in [1.165, 1.54) is 14.0 Å². The van der Waals surface area contributed by atoms with E-state index in [-0.39, 0.29) is 18.0 Å². The first-order chi connectivity index (χ1) is 14.1. The fourth-order valence-corrected chi connectivity index (χ4v) is 4.06. The van der Waals surface area contributed by atoms with Crippen molar-refractivity contribution in [3.05, 3.63) is 68.7 Å². The summed E-state index contributed by atoms with van der Waals surface area (Å²) >= 11 is 11.6. The van der Waals surface area contributed by atoms with Crippen molar-refractivity contribution >= 4 is 46.7 Å². The van der Waals surface area contributed by atoms with Crippen LogP contribution in [0.25, 0.3) is 0 Å². The summed E-state index contributed by atoms with van der Waals surface area (Å²) in [6, 6.07) is 9.88. The number of hydrogen-bond donors (Lipinski definition) is 1. The van der Waals surface area contributed by atoms with Crippen LogP contribution in [0.4, 0.5) is 0 Å². The van der Waals surface area contributed by atoms with Crippen molar-refractivity contribution in [2.45, 2.75) is 19.8 Å². The van der Waals surface area contributed by atoms with E-state index < -0.39 is 23.3 Å². The molecule has 0 spiro atoms. The average molecular weight is 449 g/mol. The van der Waals surface area contributed by atoms with Crippen LogP contribution >= 0.6 is 23.2 Å². The Morgan fingerprint density at radius 2 is 1.60 bits per heavy atom. The van der Waals surface area contributed by atoms with Crippen molar-refractivity contribution in [2.75, 3.05) is 7.11 Å². The number of methoxy groups -OCH3 is 1. The Kier molecular flexibility index (Phi) is 6.01. The molecule has 2 aromatic rings. The maximum Gasteiger partial charge on any atom is 0.317 e. The summed E-state index contributed by atoms with van der Waals surface area (Å²) in [5, 5.41) is 10.1. The van der Waals surface area contributed by atoms with E-state index in [1.54, 1.807) is 36.4 Å². The summed E-state index contributed by atoms with van der Waals surface area (Å²) in [4.78, 5) is 45.9. The second-order valence-electron chi connectivity index (χ2n) is 7.39. The molecule has 2 aliphatic rings. The Hall–Kier alpha value is -2.70. The van der Waals surface area contributed by atoms with Gasteiger partial charge in [0.1, 0.15) is 11.3 Å². The van der Waals surface area contributed by atoms with Gasteiger partial charge in [0, 0.05) is 21.2 Å². The van der Waals surface area contributed by atoms with Gasteiger partial charge < -0.3 is 9.84 Å². The number of esters is 1. The Bertz CT molecular complexity index is 1080. The van der Waals surface area contributed by atoms with E-state index in [2.05, 4.69) is 4.74 Å². The molecule has 0 radical (unpaired) electrons. The summed E-state index contributed by atoms with van der Waals surface area (Å²) in [5.41, 5.74) is 1.27. The maximum absolute atomic E-state index is 11.8. The zero-order chi connectivity index (χ0) is 22.2. The van der Waals surface area contributed by atoms with Gasteiger partial charge in [0.2, 0.25) is 0 Å². The maximum atomic E-state index is 11.8. The van der Waals surface area contributed by atoms with E-state index in [4.69, 9.17) is 28.3 Å². The predicted molar refractivity (Wildman–Crippen MR) is 110 cm³/mol.